The van der Waals surface area contributed by atoms with E-state index < -0.39 is 17.2 Å². The summed E-state index contributed by atoms with van der Waals surface area (Å²) in [5, 5.41) is 9.08. The minimum atomic E-state index is -0.777. The predicted molar refractivity (Wildman–Crippen MR) is 121 cm³/mol. The lowest BCUT2D eigenvalue weighted by Gasteiger charge is -2.10. The average molecular weight is 463 g/mol. The van der Waals surface area contributed by atoms with Gasteiger partial charge in [-0.3, -0.25) is 14.3 Å². The zero-order chi connectivity index (χ0) is 23.7. The number of para-hydroxylation sites is 1. The quantitative estimate of drug-likeness (QED) is 0.344. The van der Waals surface area contributed by atoms with E-state index in [1.807, 2.05) is 24.3 Å². The number of methoxy groups -OCH3 is 1. The van der Waals surface area contributed by atoms with Crippen LogP contribution in [-0.4, -0.2) is 44.9 Å². The van der Waals surface area contributed by atoms with E-state index in [4.69, 9.17) is 9.47 Å². The molecule has 0 bridgehead atoms. The molecule has 0 aliphatic carbocycles. The van der Waals surface area contributed by atoms with Crippen LogP contribution in [0.5, 0.6) is 5.75 Å². The normalized spacial score (nSPS) is 11.4. The zero-order valence-corrected chi connectivity index (χ0v) is 18.1. The van der Waals surface area contributed by atoms with E-state index in [2.05, 4.69) is 15.3 Å². The van der Waals surface area contributed by atoms with Crippen LogP contribution in [0.3, 0.4) is 0 Å². The fourth-order valence-electron chi connectivity index (χ4n) is 3.79. The summed E-state index contributed by atoms with van der Waals surface area (Å²) in [4.78, 5) is 17.8. The SMILES string of the molecule is COCCOc1cnc2c(Cn3nnc4ccn(-c5cc(F)cc(F)c5)c(=O)c43)cccc2c1. The standard InChI is InChI=1S/C24H19F2N5O3/c1-33-7-8-34-20-9-15-3-2-4-16(22(15)27-13-20)14-31-23-21(28-29-31)5-6-30(24(23)32)19-11-17(25)10-18(26)12-19/h2-6,9-13H,7-8,14H2,1H3. The number of fused-ring (bicyclic) bond motifs is 2. The fraction of sp³-hybridized carbons (Fsp3) is 0.167. The van der Waals surface area contributed by atoms with Gasteiger partial charge < -0.3 is 9.47 Å². The average Bonchev–Trinajstić information content (AvgIpc) is 3.22. The lowest BCUT2D eigenvalue weighted by molar-refractivity contribution is 0.146. The smallest absolute Gasteiger partial charge is 0.282 e. The molecule has 0 saturated carbocycles. The molecule has 0 fully saturated rings. The predicted octanol–water partition coefficient (Wildman–Crippen LogP) is 3.48. The van der Waals surface area contributed by atoms with Gasteiger partial charge in [-0.25, -0.2) is 13.5 Å². The zero-order valence-electron chi connectivity index (χ0n) is 18.1. The molecule has 0 N–H and O–H groups in total. The van der Waals surface area contributed by atoms with Gasteiger partial charge in [-0.05, 0) is 29.8 Å². The van der Waals surface area contributed by atoms with Crippen molar-refractivity contribution >= 4 is 21.9 Å². The molecule has 0 spiro atoms. The lowest BCUT2D eigenvalue weighted by atomic mass is 10.1. The van der Waals surface area contributed by atoms with E-state index in [0.717, 1.165) is 34.7 Å². The van der Waals surface area contributed by atoms with Gasteiger partial charge in [0.25, 0.3) is 5.56 Å². The molecular formula is C24H19F2N5O3. The number of hydrogen-bond donors (Lipinski definition) is 0. The molecule has 0 atom stereocenters. The second kappa shape index (κ2) is 8.99. The molecule has 172 valence electrons. The number of pyridine rings is 2. The van der Waals surface area contributed by atoms with Crippen LogP contribution in [-0.2, 0) is 11.3 Å². The fourth-order valence-corrected chi connectivity index (χ4v) is 3.79. The van der Waals surface area contributed by atoms with Crippen molar-refractivity contribution in [1.29, 1.82) is 0 Å². The number of nitrogens with zero attached hydrogens (tertiary/aromatic N) is 5. The van der Waals surface area contributed by atoms with Crippen molar-refractivity contribution in [3.8, 4) is 11.4 Å². The molecule has 5 aromatic rings. The Hall–Kier alpha value is -4.18. The van der Waals surface area contributed by atoms with Crippen LogP contribution >= 0.6 is 0 Å². The van der Waals surface area contributed by atoms with Gasteiger partial charge in [0.15, 0.2) is 5.52 Å². The van der Waals surface area contributed by atoms with Crippen molar-refractivity contribution in [3.05, 3.63) is 88.5 Å². The van der Waals surface area contributed by atoms with Crippen LogP contribution < -0.4 is 10.3 Å². The van der Waals surface area contributed by atoms with E-state index in [0.29, 0.717) is 24.5 Å². The summed E-state index contributed by atoms with van der Waals surface area (Å²) in [6.45, 7) is 1.11. The third-order valence-electron chi connectivity index (χ3n) is 5.34. The highest BCUT2D eigenvalue weighted by molar-refractivity contribution is 5.83. The summed E-state index contributed by atoms with van der Waals surface area (Å²) in [6, 6.07) is 12.1. The molecule has 34 heavy (non-hydrogen) atoms. The van der Waals surface area contributed by atoms with Crippen molar-refractivity contribution in [2.75, 3.05) is 20.3 Å². The minimum Gasteiger partial charge on any atom is -0.490 e. The Kier molecular flexibility index (Phi) is 5.72. The second-order valence-electron chi connectivity index (χ2n) is 7.60. The van der Waals surface area contributed by atoms with Gasteiger partial charge in [0.1, 0.15) is 29.5 Å². The Morgan fingerprint density at radius 2 is 1.85 bits per heavy atom. The maximum absolute atomic E-state index is 13.7. The second-order valence-corrected chi connectivity index (χ2v) is 7.60. The largest absolute Gasteiger partial charge is 0.490 e. The molecule has 0 amide bonds. The summed E-state index contributed by atoms with van der Waals surface area (Å²) < 4.78 is 40.7. The molecule has 3 heterocycles. The Bertz CT molecular complexity index is 1540. The molecule has 2 aromatic carbocycles. The molecular weight excluding hydrogens is 444 g/mol. The summed E-state index contributed by atoms with van der Waals surface area (Å²) in [5.74, 6) is -0.930. The summed E-state index contributed by atoms with van der Waals surface area (Å²) in [6.07, 6.45) is 3.05. The monoisotopic (exact) mass is 463 g/mol. The molecule has 3 aromatic heterocycles. The lowest BCUT2D eigenvalue weighted by Crippen LogP contribution is -2.21. The number of aromatic nitrogens is 5. The van der Waals surface area contributed by atoms with E-state index in [9.17, 15) is 13.6 Å². The maximum Gasteiger partial charge on any atom is 0.282 e. The minimum absolute atomic E-state index is 0.0741. The summed E-state index contributed by atoms with van der Waals surface area (Å²) in [7, 11) is 1.60. The van der Waals surface area contributed by atoms with E-state index >= 15 is 0 Å². The van der Waals surface area contributed by atoms with Gasteiger partial charge in [-0.15, -0.1) is 5.10 Å². The summed E-state index contributed by atoms with van der Waals surface area (Å²) in [5.41, 5.74) is 1.72. The van der Waals surface area contributed by atoms with E-state index in [1.54, 1.807) is 19.4 Å². The van der Waals surface area contributed by atoms with Crippen LogP contribution in [0.1, 0.15) is 5.56 Å². The topological polar surface area (TPSA) is 84.1 Å². The highest BCUT2D eigenvalue weighted by Crippen LogP contribution is 2.23. The number of benzene rings is 2. The first kappa shape index (κ1) is 21.7. The molecule has 0 aliphatic heterocycles. The van der Waals surface area contributed by atoms with Crippen molar-refractivity contribution in [2.45, 2.75) is 6.54 Å². The molecule has 10 heteroatoms. The Labute approximate surface area is 192 Å². The van der Waals surface area contributed by atoms with E-state index in [1.165, 1.54) is 15.4 Å². The van der Waals surface area contributed by atoms with Crippen LogP contribution in [0.2, 0.25) is 0 Å². The van der Waals surface area contributed by atoms with Crippen molar-refractivity contribution in [3.63, 3.8) is 0 Å². The van der Waals surface area contributed by atoms with Crippen LogP contribution in [0, 0.1) is 11.6 Å². The number of rotatable bonds is 7. The van der Waals surface area contributed by atoms with Gasteiger partial charge in [-0.1, -0.05) is 23.4 Å². The molecule has 0 aliphatic rings. The first-order valence-electron chi connectivity index (χ1n) is 10.4. The highest BCUT2D eigenvalue weighted by Gasteiger charge is 2.15. The van der Waals surface area contributed by atoms with Gasteiger partial charge in [-0.2, -0.15) is 0 Å². The number of hydrogen-bond acceptors (Lipinski definition) is 6. The molecule has 5 rings (SSSR count). The Balaban J connectivity index is 1.53. The highest BCUT2D eigenvalue weighted by atomic mass is 19.1. The summed E-state index contributed by atoms with van der Waals surface area (Å²) >= 11 is 0. The Morgan fingerprint density at radius 3 is 2.65 bits per heavy atom. The van der Waals surface area contributed by atoms with E-state index in [-0.39, 0.29) is 17.7 Å². The van der Waals surface area contributed by atoms with Crippen molar-refractivity contribution < 1.29 is 18.3 Å². The van der Waals surface area contributed by atoms with Gasteiger partial charge in [0, 0.05) is 24.8 Å². The van der Waals surface area contributed by atoms with Crippen molar-refractivity contribution in [1.82, 2.24) is 24.5 Å². The van der Waals surface area contributed by atoms with Crippen molar-refractivity contribution in [2.24, 2.45) is 0 Å². The molecule has 8 nitrogen and oxygen atoms in total. The maximum atomic E-state index is 13.7. The molecule has 0 radical (unpaired) electrons. The molecule has 0 unspecified atom stereocenters. The number of halogens is 2. The van der Waals surface area contributed by atoms with Crippen LogP contribution in [0.25, 0.3) is 27.6 Å². The van der Waals surface area contributed by atoms with Crippen LogP contribution in [0.15, 0.2) is 65.7 Å². The van der Waals surface area contributed by atoms with Crippen LogP contribution in [0.4, 0.5) is 8.78 Å². The van der Waals surface area contributed by atoms with Gasteiger partial charge >= 0.3 is 0 Å². The third-order valence-corrected chi connectivity index (χ3v) is 5.34. The van der Waals surface area contributed by atoms with Gasteiger partial charge in [0.05, 0.1) is 30.6 Å². The first-order chi connectivity index (χ1) is 16.5. The van der Waals surface area contributed by atoms with Gasteiger partial charge in [0.2, 0.25) is 0 Å². The number of ether oxygens (including phenoxy) is 2. The third kappa shape index (κ3) is 4.11. The first-order valence-corrected chi connectivity index (χ1v) is 10.4. The Morgan fingerprint density at radius 1 is 1.03 bits per heavy atom. The molecule has 0 saturated heterocycles.